The molecule has 5 aliphatic heterocycles. The highest BCUT2D eigenvalue weighted by atomic mass is 35.5. The van der Waals surface area contributed by atoms with Crippen LogP contribution >= 0.6 is 11.6 Å². The van der Waals surface area contributed by atoms with E-state index in [1.165, 1.54) is 0 Å². The van der Waals surface area contributed by atoms with Gasteiger partial charge < -0.3 is 29.4 Å². The Hall–Kier alpha value is -3.24. The molecule has 266 valence electrons. The largest absolute Gasteiger partial charge is 0.440 e. The smallest absolute Gasteiger partial charge is 0.227 e. The van der Waals surface area contributed by atoms with Crippen molar-refractivity contribution >= 4 is 61.9 Å². The standard InChI is InChI=1S/C23H27N5O3S.C11H14ClN3O2S/c29-32-14-9-18-20(32)21(24-16-7-12-30-13-8-16)27-23(26-18)28-10-5-15(6-11-28)22-25-17-3-1-2-4-19(17)31-22;12-11-14-8-3-6-18(16)9(8)10(15-11)13-7-1-4-17-5-2-7/h1-4,15-16H,5-14H2,(H,24,26,27);7H,1-6H2,(H,13,14,15). The molecule has 5 aliphatic rings. The summed E-state index contributed by atoms with van der Waals surface area (Å²) in [5, 5.41) is 7.13. The van der Waals surface area contributed by atoms with Gasteiger partial charge in [0, 0.05) is 81.9 Å². The predicted molar refractivity (Wildman–Crippen MR) is 192 cm³/mol. The van der Waals surface area contributed by atoms with Crippen molar-refractivity contribution in [3.8, 4) is 0 Å². The zero-order valence-electron chi connectivity index (χ0n) is 27.8. The number of para-hydroxylation sites is 2. The number of nitrogens with zero attached hydrogens (tertiary/aromatic N) is 6. The first kappa shape index (κ1) is 33.9. The summed E-state index contributed by atoms with van der Waals surface area (Å²) < 4.78 is 41.4. The number of oxazole rings is 1. The van der Waals surface area contributed by atoms with Gasteiger partial charge in [0.2, 0.25) is 11.2 Å². The van der Waals surface area contributed by atoms with Gasteiger partial charge in [0.25, 0.3) is 0 Å². The Morgan fingerprint density at radius 3 is 1.92 bits per heavy atom. The molecule has 0 spiro atoms. The van der Waals surface area contributed by atoms with E-state index >= 15 is 0 Å². The lowest BCUT2D eigenvalue weighted by Gasteiger charge is -2.31. The lowest BCUT2D eigenvalue weighted by molar-refractivity contribution is 0.0902. The molecule has 13 nitrogen and oxygen atoms in total. The van der Waals surface area contributed by atoms with Crippen molar-refractivity contribution in [1.82, 2.24) is 24.9 Å². The fraction of sp³-hybridized carbons (Fsp3) is 0.559. The third-order valence-electron chi connectivity index (χ3n) is 9.90. The lowest BCUT2D eigenvalue weighted by atomic mass is 9.97. The van der Waals surface area contributed by atoms with Gasteiger partial charge in [0.1, 0.15) is 26.9 Å². The first-order valence-corrected chi connectivity index (χ1v) is 20.5. The normalized spacial score (nSPS) is 22.9. The molecule has 0 bridgehead atoms. The minimum absolute atomic E-state index is 0.224. The SMILES string of the molecule is O=S1CCc2nc(Cl)nc(NC3CCOCC3)c21.O=S1CCc2nc(N3CCC(c4nc5ccccc5o4)CC3)nc(NC3CCOCC3)c21. The second-order valence-electron chi connectivity index (χ2n) is 13.2. The van der Waals surface area contributed by atoms with Crippen LogP contribution in [0, 0.1) is 0 Å². The number of hydrogen-bond acceptors (Lipinski definition) is 13. The van der Waals surface area contributed by atoms with Gasteiger partial charge in [-0.2, -0.15) is 9.97 Å². The Labute approximate surface area is 300 Å². The highest BCUT2D eigenvalue weighted by Gasteiger charge is 2.31. The maximum Gasteiger partial charge on any atom is 0.227 e. The number of rotatable bonds is 6. The first-order chi connectivity index (χ1) is 24.5. The highest BCUT2D eigenvalue weighted by Crippen LogP contribution is 2.35. The summed E-state index contributed by atoms with van der Waals surface area (Å²) in [4.78, 5) is 26.6. The zero-order valence-corrected chi connectivity index (χ0v) is 30.2. The van der Waals surface area contributed by atoms with Gasteiger partial charge in [-0.3, -0.25) is 8.42 Å². The zero-order chi connectivity index (χ0) is 34.0. The highest BCUT2D eigenvalue weighted by molar-refractivity contribution is 7.85. The number of anilines is 3. The van der Waals surface area contributed by atoms with Crippen molar-refractivity contribution in [2.24, 2.45) is 0 Å². The summed E-state index contributed by atoms with van der Waals surface area (Å²) in [6.07, 6.45) is 7.11. The summed E-state index contributed by atoms with van der Waals surface area (Å²) in [6.45, 7) is 4.71. The van der Waals surface area contributed by atoms with Gasteiger partial charge in [0.05, 0.1) is 33.0 Å². The predicted octanol–water partition coefficient (Wildman–Crippen LogP) is 4.64. The van der Waals surface area contributed by atoms with Gasteiger partial charge in [-0.15, -0.1) is 0 Å². The van der Waals surface area contributed by atoms with Crippen LogP contribution in [-0.4, -0.2) is 96.4 Å². The maximum absolute atomic E-state index is 12.6. The second-order valence-corrected chi connectivity index (χ2v) is 16.6. The van der Waals surface area contributed by atoms with Gasteiger partial charge in [-0.25, -0.2) is 15.0 Å². The Kier molecular flexibility index (Phi) is 10.3. The molecule has 3 fully saturated rings. The van der Waals surface area contributed by atoms with E-state index in [0.717, 1.165) is 134 Å². The average molecular weight is 741 g/mol. The fourth-order valence-corrected chi connectivity index (χ4v) is 9.96. The number of nitrogens with one attached hydrogen (secondary N) is 2. The monoisotopic (exact) mass is 740 g/mol. The number of piperidine rings is 1. The van der Waals surface area contributed by atoms with E-state index in [4.69, 9.17) is 40.4 Å². The van der Waals surface area contributed by atoms with E-state index in [2.05, 4.69) is 25.5 Å². The topological polar surface area (TPSA) is 157 Å². The van der Waals surface area contributed by atoms with Crippen LogP contribution in [0.25, 0.3) is 11.1 Å². The van der Waals surface area contributed by atoms with Crippen LogP contribution in [0.1, 0.15) is 61.7 Å². The molecule has 0 aliphatic carbocycles. The van der Waals surface area contributed by atoms with Crippen LogP contribution < -0.4 is 15.5 Å². The number of benzene rings is 1. The lowest BCUT2D eigenvalue weighted by Crippen LogP contribution is -2.35. The minimum Gasteiger partial charge on any atom is -0.440 e. The quantitative estimate of drug-likeness (QED) is 0.264. The van der Waals surface area contributed by atoms with Crippen LogP contribution in [0.15, 0.2) is 38.5 Å². The van der Waals surface area contributed by atoms with Gasteiger partial charge in [0.15, 0.2) is 11.5 Å². The molecule has 1 aromatic carbocycles. The molecule has 3 aromatic heterocycles. The summed E-state index contributed by atoms with van der Waals surface area (Å²) in [7, 11) is -2.02. The van der Waals surface area contributed by atoms with Crippen molar-refractivity contribution in [2.45, 2.75) is 79.2 Å². The molecule has 4 aromatic rings. The van der Waals surface area contributed by atoms with Crippen LogP contribution in [0.3, 0.4) is 0 Å². The molecule has 2 atom stereocenters. The molecule has 0 saturated carbocycles. The van der Waals surface area contributed by atoms with Crippen molar-refractivity contribution in [1.29, 1.82) is 0 Å². The number of ether oxygens (including phenoxy) is 2. The Bertz CT molecular complexity index is 1860. The molecule has 8 heterocycles. The van der Waals surface area contributed by atoms with Gasteiger partial charge >= 0.3 is 0 Å². The minimum atomic E-state index is -1.02. The summed E-state index contributed by atoms with van der Waals surface area (Å²) in [5.41, 5.74) is 3.53. The maximum atomic E-state index is 12.6. The van der Waals surface area contributed by atoms with Crippen LogP contribution in [0.2, 0.25) is 5.28 Å². The first-order valence-electron chi connectivity index (χ1n) is 17.5. The van der Waals surface area contributed by atoms with Crippen LogP contribution in [-0.2, 0) is 43.9 Å². The summed E-state index contributed by atoms with van der Waals surface area (Å²) >= 11 is 5.91. The van der Waals surface area contributed by atoms with Gasteiger partial charge in [-0.1, -0.05) is 12.1 Å². The summed E-state index contributed by atoms with van der Waals surface area (Å²) in [6, 6.07) is 8.54. The number of fused-ring (bicyclic) bond motifs is 3. The Morgan fingerprint density at radius 1 is 0.720 bits per heavy atom. The van der Waals surface area contributed by atoms with Crippen LogP contribution in [0.4, 0.5) is 17.6 Å². The molecule has 0 amide bonds. The third kappa shape index (κ3) is 7.38. The average Bonchev–Trinajstić information content (AvgIpc) is 3.86. The fourth-order valence-electron chi connectivity index (χ4n) is 7.15. The molecule has 3 saturated heterocycles. The van der Waals surface area contributed by atoms with Crippen LogP contribution in [0.5, 0.6) is 0 Å². The molecular weight excluding hydrogens is 700 g/mol. The van der Waals surface area contributed by atoms with E-state index in [9.17, 15) is 8.42 Å². The van der Waals surface area contributed by atoms with Crippen molar-refractivity contribution < 1.29 is 22.3 Å². The van der Waals surface area contributed by atoms with E-state index in [-0.39, 0.29) is 5.28 Å². The third-order valence-corrected chi connectivity index (χ3v) is 13.0. The van der Waals surface area contributed by atoms with Crippen molar-refractivity contribution in [2.75, 3.05) is 66.6 Å². The van der Waals surface area contributed by atoms with Crippen molar-refractivity contribution in [3.05, 3.63) is 46.8 Å². The number of aromatic nitrogens is 5. The molecule has 50 heavy (non-hydrogen) atoms. The second kappa shape index (κ2) is 15.2. The van der Waals surface area contributed by atoms with E-state index in [1.807, 2.05) is 24.3 Å². The molecule has 2 N–H and O–H groups in total. The number of hydrogen-bond donors (Lipinski definition) is 2. The van der Waals surface area contributed by atoms with E-state index in [1.54, 1.807) is 0 Å². The van der Waals surface area contributed by atoms with E-state index in [0.29, 0.717) is 41.7 Å². The Morgan fingerprint density at radius 2 is 1.30 bits per heavy atom. The Balaban J connectivity index is 0.000000170. The van der Waals surface area contributed by atoms with Crippen molar-refractivity contribution in [3.63, 3.8) is 0 Å². The number of aryl methyl sites for hydroxylation is 2. The molecule has 9 rings (SSSR count). The number of halogens is 1. The van der Waals surface area contributed by atoms with Gasteiger partial charge in [-0.05, 0) is 62.3 Å². The molecule has 16 heteroatoms. The summed E-state index contributed by atoms with van der Waals surface area (Å²) in [5.74, 6) is 4.54. The molecular formula is C34H41ClN8O5S2. The molecule has 0 radical (unpaired) electrons. The molecule has 2 unspecified atom stereocenters. The van der Waals surface area contributed by atoms with E-state index < -0.39 is 21.6 Å².